The number of rotatable bonds is 1. The third-order valence-corrected chi connectivity index (χ3v) is 3.40. The summed E-state index contributed by atoms with van der Waals surface area (Å²) >= 11 is 0. The van der Waals surface area contributed by atoms with E-state index < -0.39 is 0 Å². The standard InChI is InChI=1S/C10H8.C10H14/c1-2-6-10-8-4-3-7-9(10)5-1;1-8(2)10-6-4-9(3)5-7-10/h1-8H;4-8H,1-3H3. The number of benzene rings is 3. The average molecular weight is 262 g/mol. The van der Waals surface area contributed by atoms with Crippen LogP contribution in [-0.4, -0.2) is 0 Å². The maximum absolute atomic E-state index is 2.21. The minimum atomic E-state index is 0.653. The Morgan fingerprint density at radius 3 is 1.35 bits per heavy atom. The Kier molecular flexibility index (Phi) is 4.95. The van der Waals surface area contributed by atoms with E-state index in [0.29, 0.717) is 5.92 Å². The van der Waals surface area contributed by atoms with Crippen LogP contribution in [0.25, 0.3) is 10.8 Å². The zero-order chi connectivity index (χ0) is 14.4. The average Bonchev–Trinajstić information content (AvgIpc) is 2.48. The molecule has 0 bridgehead atoms. The van der Waals surface area contributed by atoms with E-state index in [2.05, 4.69) is 93.6 Å². The summed E-state index contributed by atoms with van der Waals surface area (Å²) in [6, 6.07) is 25.4. The van der Waals surface area contributed by atoms with Crippen LogP contribution in [0.5, 0.6) is 0 Å². The van der Waals surface area contributed by atoms with Gasteiger partial charge >= 0.3 is 0 Å². The van der Waals surface area contributed by atoms with Gasteiger partial charge < -0.3 is 0 Å². The van der Waals surface area contributed by atoms with Gasteiger partial charge in [0.05, 0.1) is 0 Å². The lowest BCUT2D eigenvalue weighted by atomic mass is 10.0. The SMILES string of the molecule is Cc1ccc(C(C)C)cc1.c1ccc2ccccc2c1. The molecule has 0 atom stereocenters. The van der Waals surface area contributed by atoms with Crippen LogP contribution in [0.2, 0.25) is 0 Å². The van der Waals surface area contributed by atoms with Crippen molar-refractivity contribution in [1.82, 2.24) is 0 Å². The molecule has 0 heterocycles. The first-order valence-corrected chi connectivity index (χ1v) is 7.17. The second-order valence-electron chi connectivity index (χ2n) is 5.41. The zero-order valence-electron chi connectivity index (χ0n) is 12.5. The molecule has 102 valence electrons. The molecular formula is C20H22. The highest BCUT2D eigenvalue weighted by molar-refractivity contribution is 5.81. The molecule has 0 N–H and O–H groups in total. The maximum Gasteiger partial charge on any atom is -0.0184 e. The largest absolute Gasteiger partial charge is 0.0616 e. The highest BCUT2D eigenvalue weighted by atomic mass is 14.0. The Morgan fingerprint density at radius 2 is 1.00 bits per heavy atom. The molecule has 0 aromatic heterocycles. The van der Waals surface area contributed by atoms with Crippen molar-refractivity contribution in [3.05, 3.63) is 83.9 Å². The molecule has 0 heteroatoms. The van der Waals surface area contributed by atoms with Gasteiger partial charge in [-0.2, -0.15) is 0 Å². The molecule has 3 rings (SSSR count). The van der Waals surface area contributed by atoms with Crippen LogP contribution in [0.3, 0.4) is 0 Å². The Balaban J connectivity index is 0.000000147. The van der Waals surface area contributed by atoms with Crippen LogP contribution >= 0.6 is 0 Å². The number of hydrogen-bond acceptors (Lipinski definition) is 0. The van der Waals surface area contributed by atoms with E-state index in [1.165, 1.54) is 21.9 Å². The van der Waals surface area contributed by atoms with Crippen molar-refractivity contribution in [2.45, 2.75) is 26.7 Å². The number of fused-ring (bicyclic) bond motifs is 1. The molecule has 0 aliphatic carbocycles. The van der Waals surface area contributed by atoms with E-state index >= 15 is 0 Å². The summed E-state index contributed by atoms with van der Waals surface area (Å²) in [5.41, 5.74) is 2.76. The first-order valence-electron chi connectivity index (χ1n) is 7.17. The maximum atomic E-state index is 2.21. The summed E-state index contributed by atoms with van der Waals surface area (Å²) in [6.45, 7) is 6.54. The fraction of sp³-hybridized carbons (Fsp3) is 0.200. The van der Waals surface area contributed by atoms with Crippen molar-refractivity contribution in [2.24, 2.45) is 0 Å². The van der Waals surface area contributed by atoms with Gasteiger partial charge in [-0.05, 0) is 29.2 Å². The quantitative estimate of drug-likeness (QED) is 0.507. The molecule has 0 unspecified atom stereocenters. The van der Waals surface area contributed by atoms with Crippen LogP contribution in [0.1, 0.15) is 30.9 Å². The lowest BCUT2D eigenvalue weighted by Crippen LogP contribution is -1.85. The van der Waals surface area contributed by atoms with Gasteiger partial charge in [-0.15, -0.1) is 0 Å². The van der Waals surface area contributed by atoms with Crippen LogP contribution in [0.4, 0.5) is 0 Å². The topological polar surface area (TPSA) is 0 Å². The Hall–Kier alpha value is -2.08. The summed E-state index contributed by atoms with van der Waals surface area (Å²) in [7, 11) is 0. The van der Waals surface area contributed by atoms with Crippen molar-refractivity contribution >= 4 is 10.8 Å². The fourth-order valence-corrected chi connectivity index (χ4v) is 2.08. The summed E-state index contributed by atoms with van der Waals surface area (Å²) < 4.78 is 0. The Labute approximate surface area is 122 Å². The molecule has 3 aromatic carbocycles. The van der Waals surface area contributed by atoms with Crippen LogP contribution in [0, 0.1) is 6.92 Å². The van der Waals surface area contributed by atoms with Crippen LogP contribution in [-0.2, 0) is 0 Å². The summed E-state index contributed by atoms with van der Waals surface area (Å²) in [5.74, 6) is 0.653. The third-order valence-electron chi connectivity index (χ3n) is 3.40. The Bertz CT molecular complexity index is 583. The Morgan fingerprint density at radius 1 is 0.600 bits per heavy atom. The molecule has 0 aliphatic heterocycles. The van der Waals surface area contributed by atoms with E-state index in [9.17, 15) is 0 Å². The molecule has 0 radical (unpaired) electrons. The molecule has 3 aromatic rings. The smallest absolute Gasteiger partial charge is 0.0184 e. The van der Waals surface area contributed by atoms with Crippen LogP contribution < -0.4 is 0 Å². The minimum absolute atomic E-state index is 0.653. The van der Waals surface area contributed by atoms with E-state index in [-0.39, 0.29) is 0 Å². The van der Waals surface area contributed by atoms with E-state index in [0.717, 1.165) is 0 Å². The molecule has 0 saturated heterocycles. The van der Waals surface area contributed by atoms with Crippen molar-refractivity contribution in [3.8, 4) is 0 Å². The molecule has 0 nitrogen and oxygen atoms in total. The molecule has 0 fully saturated rings. The first-order chi connectivity index (χ1) is 9.66. The number of aryl methyl sites for hydroxylation is 1. The predicted molar refractivity (Wildman–Crippen MR) is 89.2 cm³/mol. The molecule has 0 amide bonds. The molecule has 0 saturated carbocycles. The van der Waals surface area contributed by atoms with Gasteiger partial charge in [-0.25, -0.2) is 0 Å². The minimum Gasteiger partial charge on any atom is -0.0616 e. The highest BCUT2D eigenvalue weighted by Gasteiger charge is 1.95. The second kappa shape index (κ2) is 6.91. The molecule has 0 spiro atoms. The molecule has 0 aliphatic rings. The first kappa shape index (κ1) is 14.3. The molecule has 20 heavy (non-hydrogen) atoms. The van der Waals surface area contributed by atoms with Gasteiger partial charge in [0.1, 0.15) is 0 Å². The molecular weight excluding hydrogens is 240 g/mol. The monoisotopic (exact) mass is 262 g/mol. The highest BCUT2D eigenvalue weighted by Crippen LogP contribution is 2.13. The van der Waals surface area contributed by atoms with Gasteiger partial charge in [-0.1, -0.05) is 92.2 Å². The number of hydrogen-bond donors (Lipinski definition) is 0. The fourth-order valence-electron chi connectivity index (χ4n) is 2.08. The van der Waals surface area contributed by atoms with Gasteiger partial charge in [0, 0.05) is 0 Å². The van der Waals surface area contributed by atoms with Gasteiger partial charge in [0.15, 0.2) is 0 Å². The van der Waals surface area contributed by atoms with E-state index in [4.69, 9.17) is 0 Å². The zero-order valence-corrected chi connectivity index (χ0v) is 12.5. The van der Waals surface area contributed by atoms with Gasteiger partial charge in [0.25, 0.3) is 0 Å². The summed E-state index contributed by atoms with van der Waals surface area (Å²) in [6.07, 6.45) is 0. The summed E-state index contributed by atoms with van der Waals surface area (Å²) in [4.78, 5) is 0. The van der Waals surface area contributed by atoms with E-state index in [1.54, 1.807) is 0 Å². The van der Waals surface area contributed by atoms with Gasteiger partial charge in [-0.3, -0.25) is 0 Å². The van der Waals surface area contributed by atoms with Crippen molar-refractivity contribution in [1.29, 1.82) is 0 Å². The lowest BCUT2D eigenvalue weighted by molar-refractivity contribution is 0.866. The normalized spacial score (nSPS) is 10.2. The van der Waals surface area contributed by atoms with Gasteiger partial charge in [0.2, 0.25) is 0 Å². The lowest BCUT2D eigenvalue weighted by Gasteiger charge is -2.03. The van der Waals surface area contributed by atoms with E-state index in [1.807, 2.05) is 0 Å². The van der Waals surface area contributed by atoms with Crippen molar-refractivity contribution in [3.63, 3.8) is 0 Å². The third kappa shape index (κ3) is 3.96. The van der Waals surface area contributed by atoms with Crippen molar-refractivity contribution < 1.29 is 0 Å². The second-order valence-corrected chi connectivity index (χ2v) is 5.41. The van der Waals surface area contributed by atoms with Crippen molar-refractivity contribution in [2.75, 3.05) is 0 Å². The predicted octanol–water partition coefficient (Wildman–Crippen LogP) is 5.96. The van der Waals surface area contributed by atoms with Crippen LogP contribution in [0.15, 0.2) is 72.8 Å². The summed E-state index contributed by atoms with van der Waals surface area (Å²) in [5, 5.41) is 2.62.